The van der Waals surface area contributed by atoms with Crippen molar-refractivity contribution in [1.82, 2.24) is 10.2 Å². The van der Waals surface area contributed by atoms with Crippen LogP contribution >= 0.6 is 0 Å². The lowest BCUT2D eigenvalue weighted by Crippen LogP contribution is -2.56. The summed E-state index contributed by atoms with van der Waals surface area (Å²) in [6, 6.07) is 1.44. The van der Waals surface area contributed by atoms with Crippen molar-refractivity contribution in [3.63, 3.8) is 0 Å². The Bertz CT molecular complexity index is 345. The molecule has 3 saturated carbocycles. The van der Waals surface area contributed by atoms with Crippen molar-refractivity contribution >= 4 is 0 Å². The summed E-state index contributed by atoms with van der Waals surface area (Å²) >= 11 is 0. The van der Waals surface area contributed by atoms with Gasteiger partial charge in [-0.3, -0.25) is 4.90 Å². The van der Waals surface area contributed by atoms with Gasteiger partial charge in [0.25, 0.3) is 0 Å². The van der Waals surface area contributed by atoms with Crippen LogP contribution in [0.2, 0.25) is 0 Å². The number of likely N-dealkylation sites (tertiary alicyclic amines) is 1. The molecule has 0 aromatic carbocycles. The van der Waals surface area contributed by atoms with Crippen LogP contribution in [0, 0.1) is 11.8 Å². The van der Waals surface area contributed by atoms with Gasteiger partial charge in [0.2, 0.25) is 0 Å². The molecule has 4 atom stereocenters. The number of aliphatic hydroxyl groups excluding tert-OH is 1. The molecule has 4 aliphatic rings. The zero-order valence-corrected chi connectivity index (χ0v) is 12.7. The van der Waals surface area contributed by atoms with Crippen LogP contribution in [0.25, 0.3) is 0 Å². The van der Waals surface area contributed by atoms with Crippen molar-refractivity contribution in [3.05, 3.63) is 0 Å². The number of hydrogen-bond donors (Lipinski definition) is 2. The molecule has 4 fully saturated rings. The SMILES string of the molecule is OCC1(NC2CC2)CCCC(N2CC3CCCC3C2)C1. The highest BCUT2D eigenvalue weighted by Gasteiger charge is 2.44. The Kier molecular flexibility index (Phi) is 3.56. The number of fused-ring (bicyclic) bond motifs is 1. The molecule has 3 heteroatoms. The molecular formula is C17H30N2O. The van der Waals surface area contributed by atoms with E-state index in [2.05, 4.69) is 10.2 Å². The van der Waals surface area contributed by atoms with Crippen LogP contribution in [0.3, 0.4) is 0 Å². The minimum absolute atomic E-state index is 0.0434. The van der Waals surface area contributed by atoms with E-state index in [0.29, 0.717) is 12.6 Å². The van der Waals surface area contributed by atoms with Gasteiger partial charge in [-0.15, -0.1) is 0 Å². The minimum atomic E-state index is 0.0434. The van der Waals surface area contributed by atoms with Crippen LogP contribution < -0.4 is 5.32 Å². The van der Waals surface area contributed by atoms with Crippen molar-refractivity contribution < 1.29 is 5.11 Å². The summed E-state index contributed by atoms with van der Waals surface area (Å²) in [7, 11) is 0. The van der Waals surface area contributed by atoms with Crippen molar-refractivity contribution in [2.45, 2.75) is 75.4 Å². The monoisotopic (exact) mass is 278 g/mol. The number of nitrogens with zero attached hydrogens (tertiary/aromatic N) is 1. The molecule has 1 heterocycles. The van der Waals surface area contributed by atoms with Crippen molar-refractivity contribution in [2.24, 2.45) is 11.8 Å². The first-order chi connectivity index (χ1) is 9.78. The third-order valence-electron chi connectivity index (χ3n) is 6.48. The maximum absolute atomic E-state index is 9.96. The quantitative estimate of drug-likeness (QED) is 0.827. The summed E-state index contributed by atoms with van der Waals surface area (Å²) in [5, 5.41) is 13.7. The first kappa shape index (κ1) is 13.5. The third kappa shape index (κ3) is 2.53. The molecule has 114 valence electrons. The van der Waals surface area contributed by atoms with Gasteiger partial charge in [0.15, 0.2) is 0 Å². The fourth-order valence-corrected chi connectivity index (χ4v) is 5.19. The first-order valence-electron chi connectivity index (χ1n) is 8.91. The Morgan fingerprint density at radius 1 is 1.00 bits per heavy atom. The highest BCUT2D eigenvalue weighted by atomic mass is 16.3. The number of aliphatic hydroxyl groups is 1. The minimum Gasteiger partial charge on any atom is -0.394 e. The molecule has 0 aromatic heterocycles. The molecule has 0 aromatic rings. The summed E-state index contributed by atoms with van der Waals surface area (Å²) in [5.41, 5.74) is 0.0434. The molecule has 0 spiro atoms. The predicted octanol–water partition coefficient (Wildman–Crippen LogP) is 2.14. The molecule has 0 bridgehead atoms. The Morgan fingerprint density at radius 3 is 2.40 bits per heavy atom. The average Bonchev–Trinajstić information content (AvgIpc) is 3.00. The summed E-state index contributed by atoms with van der Waals surface area (Å²) in [4.78, 5) is 2.78. The Morgan fingerprint density at radius 2 is 1.75 bits per heavy atom. The second kappa shape index (κ2) is 5.26. The molecule has 2 N–H and O–H groups in total. The highest BCUT2D eigenvalue weighted by Crippen LogP contribution is 2.42. The molecule has 0 radical (unpaired) electrons. The maximum atomic E-state index is 9.96. The maximum Gasteiger partial charge on any atom is 0.0613 e. The molecule has 1 saturated heterocycles. The van der Waals surface area contributed by atoms with Crippen molar-refractivity contribution in [3.8, 4) is 0 Å². The van der Waals surface area contributed by atoms with Gasteiger partial charge >= 0.3 is 0 Å². The van der Waals surface area contributed by atoms with E-state index in [1.165, 1.54) is 70.9 Å². The third-order valence-corrected chi connectivity index (χ3v) is 6.48. The van der Waals surface area contributed by atoms with E-state index < -0.39 is 0 Å². The lowest BCUT2D eigenvalue weighted by molar-refractivity contribution is 0.0643. The largest absolute Gasteiger partial charge is 0.394 e. The van der Waals surface area contributed by atoms with E-state index in [9.17, 15) is 5.11 Å². The molecular weight excluding hydrogens is 248 g/mol. The van der Waals surface area contributed by atoms with Gasteiger partial charge < -0.3 is 10.4 Å². The van der Waals surface area contributed by atoms with E-state index >= 15 is 0 Å². The predicted molar refractivity (Wildman–Crippen MR) is 80.6 cm³/mol. The fourth-order valence-electron chi connectivity index (χ4n) is 5.19. The van der Waals surface area contributed by atoms with E-state index in [1.54, 1.807) is 0 Å². The van der Waals surface area contributed by atoms with Crippen LogP contribution in [0.15, 0.2) is 0 Å². The van der Waals surface area contributed by atoms with Crippen LogP contribution in [-0.2, 0) is 0 Å². The molecule has 20 heavy (non-hydrogen) atoms. The van der Waals surface area contributed by atoms with Gasteiger partial charge in [0, 0.05) is 30.7 Å². The van der Waals surface area contributed by atoms with Crippen LogP contribution in [0.5, 0.6) is 0 Å². The Labute approximate surface area is 123 Å². The molecule has 4 rings (SSSR count). The van der Waals surface area contributed by atoms with Gasteiger partial charge in [-0.05, 0) is 63.2 Å². The number of nitrogens with one attached hydrogen (secondary N) is 1. The zero-order chi connectivity index (χ0) is 13.6. The summed E-state index contributed by atoms with van der Waals surface area (Å²) in [5.74, 6) is 1.99. The lowest BCUT2D eigenvalue weighted by atomic mass is 9.78. The second-order valence-corrected chi connectivity index (χ2v) is 8.01. The van der Waals surface area contributed by atoms with Crippen molar-refractivity contribution in [2.75, 3.05) is 19.7 Å². The highest BCUT2D eigenvalue weighted by molar-refractivity contribution is 5.02. The molecule has 1 aliphatic heterocycles. The molecule has 0 amide bonds. The summed E-state index contributed by atoms with van der Waals surface area (Å²) in [6.07, 6.45) is 12.1. The van der Waals surface area contributed by atoms with Crippen LogP contribution in [0.4, 0.5) is 0 Å². The van der Waals surface area contributed by atoms with Gasteiger partial charge in [-0.1, -0.05) is 6.42 Å². The Balaban J connectivity index is 1.40. The molecule has 4 unspecified atom stereocenters. The average molecular weight is 278 g/mol. The first-order valence-corrected chi connectivity index (χ1v) is 8.91. The topological polar surface area (TPSA) is 35.5 Å². The standard InChI is InChI=1S/C17H30N2O/c20-12-17(18-15-6-7-15)8-2-5-16(9-17)19-10-13-3-1-4-14(13)11-19/h13-16,18,20H,1-12H2. The van der Waals surface area contributed by atoms with Gasteiger partial charge in [-0.25, -0.2) is 0 Å². The summed E-state index contributed by atoms with van der Waals surface area (Å²) in [6.45, 7) is 3.03. The number of hydrogen-bond acceptors (Lipinski definition) is 3. The van der Waals surface area contributed by atoms with E-state index in [-0.39, 0.29) is 5.54 Å². The fraction of sp³-hybridized carbons (Fsp3) is 1.00. The summed E-state index contributed by atoms with van der Waals surface area (Å²) < 4.78 is 0. The van der Waals surface area contributed by atoms with Crippen LogP contribution in [-0.4, -0.2) is 47.3 Å². The molecule has 3 aliphatic carbocycles. The Hall–Kier alpha value is -0.120. The smallest absolute Gasteiger partial charge is 0.0613 e. The van der Waals surface area contributed by atoms with Crippen molar-refractivity contribution in [1.29, 1.82) is 0 Å². The van der Waals surface area contributed by atoms with E-state index in [0.717, 1.165) is 17.9 Å². The van der Waals surface area contributed by atoms with E-state index in [4.69, 9.17) is 0 Å². The lowest BCUT2D eigenvalue weighted by Gasteiger charge is -2.44. The zero-order valence-electron chi connectivity index (χ0n) is 12.7. The van der Waals surface area contributed by atoms with Gasteiger partial charge in [-0.2, -0.15) is 0 Å². The second-order valence-electron chi connectivity index (χ2n) is 8.01. The normalized spacial score (nSPS) is 45.8. The number of rotatable bonds is 4. The van der Waals surface area contributed by atoms with Gasteiger partial charge in [0.1, 0.15) is 0 Å². The van der Waals surface area contributed by atoms with Gasteiger partial charge in [0.05, 0.1) is 6.61 Å². The van der Waals surface area contributed by atoms with E-state index in [1.807, 2.05) is 0 Å². The molecule has 3 nitrogen and oxygen atoms in total. The van der Waals surface area contributed by atoms with Crippen LogP contribution in [0.1, 0.15) is 57.8 Å².